The molecule has 1 aromatic carbocycles. The first-order chi connectivity index (χ1) is 10.2. The van der Waals surface area contributed by atoms with Gasteiger partial charge >= 0.3 is 5.97 Å². The van der Waals surface area contributed by atoms with Crippen molar-refractivity contribution in [2.75, 3.05) is 6.26 Å². The van der Waals surface area contributed by atoms with Crippen LogP contribution in [0.4, 0.5) is 0 Å². The van der Waals surface area contributed by atoms with E-state index in [4.69, 9.17) is 5.11 Å². The molecule has 1 aliphatic carbocycles. The van der Waals surface area contributed by atoms with Crippen molar-refractivity contribution in [1.82, 2.24) is 5.32 Å². The molecule has 7 heteroatoms. The minimum atomic E-state index is -3.38. The van der Waals surface area contributed by atoms with E-state index >= 15 is 0 Å². The van der Waals surface area contributed by atoms with E-state index in [0.29, 0.717) is 24.8 Å². The predicted molar refractivity (Wildman–Crippen MR) is 80.5 cm³/mol. The molecule has 6 nitrogen and oxygen atoms in total. The van der Waals surface area contributed by atoms with Crippen molar-refractivity contribution in [2.24, 2.45) is 5.92 Å². The third-order valence-corrected chi connectivity index (χ3v) is 5.07. The number of hydrogen-bond acceptors (Lipinski definition) is 4. The van der Waals surface area contributed by atoms with Gasteiger partial charge in [0.25, 0.3) is 5.91 Å². The third kappa shape index (κ3) is 3.47. The molecule has 120 valence electrons. The van der Waals surface area contributed by atoms with Crippen LogP contribution in [-0.4, -0.2) is 37.7 Å². The van der Waals surface area contributed by atoms with Crippen molar-refractivity contribution < 1.29 is 23.1 Å². The smallest absolute Gasteiger partial charge is 0.306 e. The van der Waals surface area contributed by atoms with E-state index in [1.54, 1.807) is 6.07 Å². The number of carbonyl (C=O) groups is 2. The molecule has 1 amide bonds. The van der Waals surface area contributed by atoms with E-state index in [2.05, 4.69) is 5.32 Å². The number of nitrogens with one attached hydrogen (secondary N) is 1. The van der Waals surface area contributed by atoms with Gasteiger partial charge in [-0.25, -0.2) is 8.42 Å². The van der Waals surface area contributed by atoms with Crippen LogP contribution in [0.3, 0.4) is 0 Å². The summed E-state index contributed by atoms with van der Waals surface area (Å²) in [5.41, 5.74) is 1.10. The molecule has 0 spiro atoms. The van der Waals surface area contributed by atoms with Gasteiger partial charge in [0, 0.05) is 17.9 Å². The first kappa shape index (κ1) is 16.5. The number of carbonyl (C=O) groups excluding carboxylic acids is 1. The summed E-state index contributed by atoms with van der Waals surface area (Å²) in [5, 5.41) is 11.6. The Kier molecular flexibility index (Phi) is 4.55. The molecule has 0 heterocycles. The number of hydrogen-bond donors (Lipinski definition) is 2. The molecular formula is C15H19NO5S. The summed E-state index contributed by atoms with van der Waals surface area (Å²) in [6.07, 6.45) is 2.52. The minimum Gasteiger partial charge on any atom is -0.481 e. The highest BCUT2D eigenvalue weighted by Crippen LogP contribution is 2.28. The summed E-state index contributed by atoms with van der Waals surface area (Å²) >= 11 is 0. The molecular weight excluding hydrogens is 306 g/mol. The molecule has 0 saturated heterocycles. The van der Waals surface area contributed by atoms with Crippen LogP contribution in [0.15, 0.2) is 23.1 Å². The molecule has 0 aliphatic heterocycles. The molecule has 0 bridgehead atoms. The average molecular weight is 325 g/mol. The predicted octanol–water partition coefficient (Wildman–Crippen LogP) is 1.25. The second-order valence-electron chi connectivity index (χ2n) is 5.62. The largest absolute Gasteiger partial charge is 0.481 e. The lowest BCUT2D eigenvalue weighted by Crippen LogP contribution is -2.46. The fraction of sp³-hybridized carbons (Fsp3) is 0.467. The van der Waals surface area contributed by atoms with Gasteiger partial charge in [0.05, 0.1) is 10.8 Å². The van der Waals surface area contributed by atoms with Crippen molar-refractivity contribution in [1.29, 1.82) is 0 Å². The fourth-order valence-electron chi connectivity index (χ4n) is 2.51. The van der Waals surface area contributed by atoms with Gasteiger partial charge in [-0.1, -0.05) is 13.0 Å². The van der Waals surface area contributed by atoms with Crippen molar-refractivity contribution >= 4 is 21.7 Å². The molecule has 2 rings (SSSR count). The van der Waals surface area contributed by atoms with Gasteiger partial charge in [-0.05, 0) is 37.0 Å². The highest BCUT2D eigenvalue weighted by Gasteiger charge is 2.35. The zero-order chi connectivity index (χ0) is 16.5. The molecule has 1 aromatic rings. The lowest BCUT2D eigenvalue weighted by Gasteiger charge is -2.33. The normalized spacial score (nSPS) is 21.0. The van der Waals surface area contributed by atoms with E-state index in [1.807, 2.05) is 6.92 Å². The molecule has 1 fully saturated rings. The molecule has 1 saturated carbocycles. The van der Waals surface area contributed by atoms with Crippen LogP contribution < -0.4 is 5.32 Å². The van der Waals surface area contributed by atoms with Gasteiger partial charge in [0.1, 0.15) is 0 Å². The molecule has 22 heavy (non-hydrogen) atoms. The average Bonchev–Trinajstić information content (AvgIpc) is 2.39. The number of carboxylic acids is 1. The van der Waals surface area contributed by atoms with Crippen LogP contribution in [-0.2, 0) is 21.1 Å². The Balaban J connectivity index is 2.16. The second kappa shape index (κ2) is 6.08. The third-order valence-electron chi connectivity index (χ3n) is 3.96. The summed E-state index contributed by atoms with van der Waals surface area (Å²) in [4.78, 5) is 23.2. The van der Waals surface area contributed by atoms with Gasteiger partial charge in [-0.15, -0.1) is 0 Å². The van der Waals surface area contributed by atoms with Gasteiger partial charge < -0.3 is 10.4 Å². The topological polar surface area (TPSA) is 101 Å². The van der Waals surface area contributed by atoms with E-state index in [1.165, 1.54) is 12.1 Å². The van der Waals surface area contributed by atoms with Gasteiger partial charge in [-0.2, -0.15) is 0 Å². The number of benzene rings is 1. The maximum absolute atomic E-state index is 12.3. The highest BCUT2D eigenvalue weighted by atomic mass is 32.2. The summed E-state index contributed by atoms with van der Waals surface area (Å²) in [7, 11) is -3.38. The summed E-state index contributed by atoms with van der Waals surface area (Å²) < 4.78 is 23.2. The van der Waals surface area contributed by atoms with Crippen LogP contribution >= 0.6 is 0 Å². The van der Waals surface area contributed by atoms with Crippen LogP contribution in [0.2, 0.25) is 0 Å². The maximum Gasteiger partial charge on any atom is 0.306 e. The Bertz CT molecular complexity index is 705. The Morgan fingerprint density at radius 3 is 2.45 bits per heavy atom. The lowest BCUT2D eigenvalue weighted by atomic mass is 9.80. The SMILES string of the molecule is CCc1ccc(S(C)(=O)=O)cc1C(=O)NC1CC(C(=O)O)C1. The zero-order valence-corrected chi connectivity index (χ0v) is 13.3. The van der Waals surface area contributed by atoms with Crippen molar-refractivity contribution in [3.63, 3.8) is 0 Å². The lowest BCUT2D eigenvalue weighted by molar-refractivity contribution is -0.145. The molecule has 0 unspecified atom stereocenters. The van der Waals surface area contributed by atoms with E-state index in [9.17, 15) is 18.0 Å². The number of rotatable bonds is 5. The van der Waals surface area contributed by atoms with Crippen molar-refractivity contribution in [3.8, 4) is 0 Å². The van der Waals surface area contributed by atoms with Crippen LogP contribution in [0.5, 0.6) is 0 Å². The molecule has 1 aliphatic rings. The number of aliphatic carboxylic acids is 1. The van der Waals surface area contributed by atoms with E-state index < -0.39 is 21.7 Å². The Morgan fingerprint density at radius 1 is 1.32 bits per heavy atom. The summed E-state index contributed by atoms with van der Waals surface area (Å²) in [6, 6.07) is 4.36. The van der Waals surface area contributed by atoms with E-state index in [0.717, 1.165) is 11.8 Å². The monoisotopic (exact) mass is 325 g/mol. The first-order valence-electron chi connectivity index (χ1n) is 7.09. The fourth-order valence-corrected chi connectivity index (χ4v) is 3.15. The van der Waals surface area contributed by atoms with Crippen molar-refractivity contribution in [2.45, 2.75) is 37.1 Å². The zero-order valence-electron chi connectivity index (χ0n) is 12.5. The number of amides is 1. The number of aryl methyl sites for hydroxylation is 1. The van der Waals surface area contributed by atoms with Crippen molar-refractivity contribution in [3.05, 3.63) is 29.3 Å². The van der Waals surface area contributed by atoms with Gasteiger partial charge in [-0.3, -0.25) is 9.59 Å². The maximum atomic E-state index is 12.3. The molecule has 2 N–H and O–H groups in total. The molecule has 0 atom stereocenters. The first-order valence-corrected chi connectivity index (χ1v) is 8.98. The number of carboxylic acid groups (broad SMARTS) is 1. The number of sulfone groups is 1. The van der Waals surface area contributed by atoms with Crippen LogP contribution in [0.1, 0.15) is 35.7 Å². The summed E-state index contributed by atoms with van der Waals surface area (Å²) in [6.45, 7) is 1.88. The minimum absolute atomic E-state index is 0.104. The Morgan fingerprint density at radius 2 is 1.95 bits per heavy atom. The van der Waals surface area contributed by atoms with Gasteiger partial charge in [0.15, 0.2) is 9.84 Å². The van der Waals surface area contributed by atoms with Crippen LogP contribution in [0, 0.1) is 5.92 Å². The van der Waals surface area contributed by atoms with Crippen LogP contribution in [0.25, 0.3) is 0 Å². The van der Waals surface area contributed by atoms with Gasteiger partial charge in [0.2, 0.25) is 0 Å². The Hall–Kier alpha value is -1.89. The highest BCUT2D eigenvalue weighted by molar-refractivity contribution is 7.90. The standard InChI is InChI=1S/C15H19NO5S/c1-3-9-4-5-12(22(2,20)21)8-13(9)14(17)16-11-6-10(7-11)15(18)19/h4-5,8,10-11H,3,6-7H2,1-2H3,(H,16,17)(H,18,19). The second-order valence-corrected chi connectivity index (χ2v) is 7.64. The molecule has 0 aromatic heterocycles. The Labute approximate surface area is 129 Å². The quantitative estimate of drug-likeness (QED) is 0.848. The summed E-state index contributed by atoms with van der Waals surface area (Å²) in [5.74, 6) is -1.60. The van der Waals surface area contributed by atoms with E-state index in [-0.39, 0.29) is 16.8 Å². The molecule has 0 radical (unpaired) electrons.